The fourth-order valence-electron chi connectivity index (χ4n) is 3.42. The molecule has 0 aromatic carbocycles. The molecule has 104 valence electrons. The summed E-state index contributed by atoms with van der Waals surface area (Å²) < 4.78 is 2.08. The molecule has 2 aliphatic rings. The first-order valence-electron chi connectivity index (χ1n) is 7.48. The van der Waals surface area contributed by atoms with Crippen LogP contribution in [0.25, 0.3) is 0 Å². The first-order valence-corrected chi connectivity index (χ1v) is 7.48. The molecule has 5 nitrogen and oxygen atoms in total. The Morgan fingerprint density at radius 2 is 2.10 bits per heavy atom. The Kier molecular flexibility index (Phi) is 2.90. The molecular weight excluding hydrogens is 250 g/mol. The zero-order valence-electron chi connectivity index (χ0n) is 11.6. The average molecular weight is 269 g/mol. The Bertz CT molecular complexity index is 592. The summed E-state index contributed by atoms with van der Waals surface area (Å²) in [6.45, 7) is 2.07. The van der Waals surface area contributed by atoms with Gasteiger partial charge in [0.2, 0.25) is 0 Å². The summed E-state index contributed by atoms with van der Waals surface area (Å²) in [5.41, 5.74) is 2.66. The summed E-state index contributed by atoms with van der Waals surface area (Å²) in [5.74, 6) is 1.17. The van der Waals surface area contributed by atoms with Crippen LogP contribution < -0.4 is 4.90 Å². The minimum atomic E-state index is 0.471. The molecule has 4 rings (SSSR count). The summed E-state index contributed by atoms with van der Waals surface area (Å²) in [6, 6.07) is 2.47. The standard InChI is InChI=1S/C15H19N5/c1-2-5-14-13(4-1)15(17-11-16-14)19-9-6-12(10-19)20-8-3-7-18-20/h3,7-8,11-12H,1-2,4-6,9-10H2. The minimum absolute atomic E-state index is 0.471. The molecule has 20 heavy (non-hydrogen) atoms. The number of aromatic nitrogens is 4. The van der Waals surface area contributed by atoms with Crippen LogP contribution in [0.3, 0.4) is 0 Å². The summed E-state index contributed by atoms with van der Waals surface area (Å²) in [7, 11) is 0. The van der Waals surface area contributed by atoms with E-state index in [-0.39, 0.29) is 0 Å². The zero-order valence-corrected chi connectivity index (χ0v) is 11.6. The number of aryl methyl sites for hydroxylation is 1. The summed E-state index contributed by atoms with van der Waals surface area (Å²) in [4.78, 5) is 11.5. The molecule has 1 aliphatic heterocycles. The van der Waals surface area contributed by atoms with Gasteiger partial charge in [-0.15, -0.1) is 0 Å². The lowest BCUT2D eigenvalue weighted by atomic mass is 9.96. The summed E-state index contributed by atoms with van der Waals surface area (Å²) in [6.07, 6.45) is 11.6. The van der Waals surface area contributed by atoms with Crippen LogP contribution in [0.1, 0.15) is 36.6 Å². The lowest BCUT2D eigenvalue weighted by molar-refractivity contribution is 0.494. The Morgan fingerprint density at radius 3 is 3.00 bits per heavy atom. The molecule has 1 unspecified atom stereocenters. The normalized spacial score (nSPS) is 22.0. The second-order valence-electron chi connectivity index (χ2n) is 5.70. The fraction of sp³-hybridized carbons (Fsp3) is 0.533. The highest BCUT2D eigenvalue weighted by Gasteiger charge is 2.28. The van der Waals surface area contributed by atoms with Crippen molar-refractivity contribution in [1.29, 1.82) is 0 Å². The SMILES string of the molecule is c1cnn(C2CCN(c3ncnc4c3CCCC4)C2)c1. The van der Waals surface area contributed by atoms with E-state index in [2.05, 4.69) is 30.8 Å². The topological polar surface area (TPSA) is 46.8 Å². The van der Waals surface area contributed by atoms with Gasteiger partial charge in [-0.25, -0.2) is 9.97 Å². The largest absolute Gasteiger partial charge is 0.354 e. The predicted molar refractivity (Wildman–Crippen MR) is 76.8 cm³/mol. The second kappa shape index (κ2) is 4.89. The first kappa shape index (κ1) is 11.9. The Hall–Kier alpha value is -1.91. The maximum atomic E-state index is 4.57. The van der Waals surface area contributed by atoms with Crippen molar-refractivity contribution < 1.29 is 0 Å². The molecule has 5 heteroatoms. The Morgan fingerprint density at radius 1 is 1.15 bits per heavy atom. The van der Waals surface area contributed by atoms with Crippen molar-refractivity contribution in [1.82, 2.24) is 19.7 Å². The molecule has 2 aromatic heterocycles. The first-order chi connectivity index (χ1) is 9.92. The van der Waals surface area contributed by atoms with E-state index < -0.39 is 0 Å². The van der Waals surface area contributed by atoms with E-state index >= 15 is 0 Å². The molecule has 0 radical (unpaired) electrons. The van der Waals surface area contributed by atoms with Crippen molar-refractivity contribution in [2.75, 3.05) is 18.0 Å². The van der Waals surface area contributed by atoms with Gasteiger partial charge in [0.15, 0.2) is 0 Å². The molecule has 2 aromatic rings. The molecule has 1 saturated heterocycles. The number of rotatable bonds is 2. The van der Waals surface area contributed by atoms with Crippen molar-refractivity contribution in [2.45, 2.75) is 38.1 Å². The molecule has 0 bridgehead atoms. The highest BCUT2D eigenvalue weighted by atomic mass is 15.3. The summed E-state index contributed by atoms with van der Waals surface area (Å²) in [5, 5.41) is 4.37. The highest BCUT2D eigenvalue weighted by molar-refractivity contribution is 5.50. The van der Waals surface area contributed by atoms with Gasteiger partial charge in [-0.05, 0) is 38.2 Å². The Balaban J connectivity index is 1.60. The third-order valence-electron chi connectivity index (χ3n) is 4.46. The van der Waals surface area contributed by atoms with Gasteiger partial charge in [0, 0.05) is 36.7 Å². The molecule has 0 saturated carbocycles. The van der Waals surface area contributed by atoms with Gasteiger partial charge in [-0.1, -0.05) is 0 Å². The average Bonchev–Trinajstić information content (AvgIpc) is 3.17. The van der Waals surface area contributed by atoms with Crippen LogP contribution in [0, 0.1) is 0 Å². The summed E-state index contributed by atoms with van der Waals surface area (Å²) >= 11 is 0. The zero-order chi connectivity index (χ0) is 13.4. The second-order valence-corrected chi connectivity index (χ2v) is 5.70. The van der Waals surface area contributed by atoms with Crippen molar-refractivity contribution >= 4 is 5.82 Å². The van der Waals surface area contributed by atoms with Crippen LogP contribution in [-0.4, -0.2) is 32.8 Å². The predicted octanol–water partition coefficient (Wildman–Crippen LogP) is 2.00. The molecule has 0 spiro atoms. The van der Waals surface area contributed by atoms with E-state index in [9.17, 15) is 0 Å². The van der Waals surface area contributed by atoms with E-state index in [4.69, 9.17) is 0 Å². The number of anilines is 1. The van der Waals surface area contributed by atoms with Gasteiger partial charge in [0.25, 0.3) is 0 Å². The van der Waals surface area contributed by atoms with E-state index in [1.54, 1.807) is 6.33 Å². The van der Waals surface area contributed by atoms with Crippen molar-refractivity contribution in [3.05, 3.63) is 36.0 Å². The lowest BCUT2D eigenvalue weighted by Crippen LogP contribution is -2.25. The highest BCUT2D eigenvalue weighted by Crippen LogP contribution is 2.31. The molecule has 0 amide bonds. The molecule has 0 N–H and O–H groups in total. The van der Waals surface area contributed by atoms with Crippen molar-refractivity contribution in [3.63, 3.8) is 0 Å². The van der Waals surface area contributed by atoms with Gasteiger partial charge in [0.05, 0.1) is 6.04 Å². The molecule has 1 fully saturated rings. The van der Waals surface area contributed by atoms with Crippen LogP contribution in [0.15, 0.2) is 24.8 Å². The van der Waals surface area contributed by atoms with Crippen molar-refractivity contribution in [2.24, 2.45) is 0 Å². The lowest BCUT2D eigenvalue weighted by Gasteiger charge is -2.24. The molecule has 1 aliphatic carbocycles. The molecular formula is C15H19N5. The molecule has 3 heterocycles. The van der Waals surface area contributed by atoms with Gasteiger partial charge in [0.1, 0.15) is 12.1 Å². The van der Waals surface area contributed by atoms with Gasteiger partial charge < -0.3 is 4.90 Å². The quantitative estimate of drug-likeness (QED) is 0.836. The van der Waals surface area contributed by atoms with Crippen LogP contribution in [0.5, 0.6) is 0 Å². The number of hydrogen-bond acceptors (Lipinski definition) is 4. The van der Waals surface area contributed by atoms with Crippen LogP contribution >= 0.6 is 0 Å². The van der Waals surface area contributed by atoms with E-state index in [0.717, 1.165) is 32.4 Å². The fourth-order valence-corrected chi connectivity index (χ4v) is 3.42. The third kappa shape index (κ3) is 1.97. The van der Waals surface area contributed by atoms with Gasteiger partial charge in [-0.2, -0.15) is 5.10 Å². The third-order valence-corrected chi connectivity index (χ3v) is 4.46. The minimum Gasteiger partial charge on any atom is -0.354 e. The molecule has 1 atom stereocenters. The Labute approximate surface area is 118 Å². The van der Waals surface area contributed by atoms with Gasteiger partial charge in [-0.3, -0.25) is 4.68 Å². The van der Waals surface area contributed by atoms with Crippen LogP contribution in [-0.2, 0) is 12.8 Å². The van der Waals surface area contributed by atoms with E-state index in [1.165, 1.54) is 29.9 Å². The number of nitrogens with zero attached hydrogens (tertiary/aromatic N) is 5. The van der Waals surface area contributed by atoms with Crippen molar-refractivity contribution in [3.8, 4) is 0 Å². The van der Waals surface area contributed by atoms with E-state index in [1.807, 2.05) is 12.3 Å². The maximum absolute atomic E-state index is 4.57. The van der Waals surface area contributed by atoms with Crippen LogP contribution in [0.4, 0.5) is 5.82 Å². The maximum Gasteiger partial charge on any atom is 0.135 e. The smallest absolute Gasteiger partial charge is 0.135 e. The van der Waals surface area contributed by atoms with Gasteiger partial charge >= 0.3 is 0 Å². The van der Waals surface area contributed by atoms with Crippen LogP contribution in [0.2, 0.25) is 0 Å². The number of fused-ring (bicyclic) bond motifs is 1. The monoisotopic (exact) mass is 269 g/mol. The number of hydrogen-bond donors (Lipinski definition) is 0. The van der Waals surface area contributed by atoms with E-state index in [0.29, 0.717) is 6.04 Å².